The molecule has 2 rings (SSSR count). The zero-order valence-corrected chi connectivity index (χ0v) is 13.3. The molecule has 6 nitrogen and oxygen atoms in total. The predicted octanol–water partition coefficient (Wildman–Crippen LogP) is 3.16. The third-order valence-electron chi connectivity index (χ3n) is 3.01. The van der Waals surface area contributed by atoms with Gasteiger partial charge in [0.2, 0.25) is 0 Å². The third-order valence-corrected chi connectivity index (χ3v) is 3.01. The van der Waals surface area contributed by atoms with Gasteiger partial charge in [0, 0.05) is 0 Å². The summed E-state index contributed by atoms with van der Waals surface area (Å²) in [4.78, 5) is 11.9. The molecular weight excluding hydrogens is 334 g/mol. The lowest BCUT2D eigenvalue weighted by Gasteiger charge is -2.11. The first-order valence-corrected chi connectivity index (χ1v) is 7.34. The van der Waals surface area contributed by atoms with Gasteiger partial charge in [-0.15, -0.1) is 0 Å². The number of amides is 1. The molecule has 0 unspecified atom stereocenters. The highest BCUT2D eigenvalue weighted by Gasteiger charge is 2.11. The maximum absolute atomic E-state index is 12.4. The molecule has 25 heavy (non-hydrogen) atoms. The van der Waals surface area contributed by atoms with E-state index in [0.717, 1.165) is 0 Å². The minimum atomic E-state index is -2.96. The molecule has 2 N–H and O–H groups in total. The monoisotopic (exact) mass is 350 g/mol. The first-order valence-electron chi connectivity index (χ1n) is 7.34. The van der Waals surface area contributed by atoms with E-state index >= 15 is 0 Å². The number of phenolic OH excluding ortho intramolecular Hbond substituents is 1. The lowest BCUT2D eigenvalue weighted by molar-refractivity contribution is -0.0514. The Kier molecular flexibility index (Phi) is 6.27. The highest BCUT2D eigenvalue weighted by atomic mass is 19.3. The molecule has 0 bridgehead atoms. The molecule has 0 aliphatic carbocycles. The van der Waals surface area contributed by atoms with Crippen LogP contribution in [0, 0.1) is 0 Å². The van der Waals surface area contributed by atoms with Crippen molar-refractivity contribution >= 4 is 12.1 Å². The Morgan fingerprint density at radius 1 is 1.28 bits per heavy atom. The van der Waals surface area contributed by atoms with Gasteiger partial charge in [0.1, 0.15) is 5.75 Å². The number of ether oxygens (including phenoxy) is 2. The zero-order chi connectivity index (χ0) is 18.2. The maximum atomic E-state index is 12.4. The zero-order valence-electron chi connectivity index (χ0n) is 13.3. The van der Waals surface area contributed by atoms with E-state index in [-0.39, 0.29) is 29.4 Å². The van der Waals surface area contributed by atoms with Gasteiger partial charge in [0.05, 0.1) is 18.4 Å². The van der Waals surface area contributed by atoms with Gasteiger partial charge >= 0.3 is 6.61 Å². The Balaban J connectivity index is 2.09. The van der Waals surface area contributed by atoms with Crippen molar-refractivity contribution in [2.75, 3.05) is 6.61 Å². The molecule has 0 saturated carbocycles. The van der Waals surface area contributed by atoms with Gasteiger partial charge in [-0.25, -0.2) is 5.43 Å². The Hall–Kier alpha value is -3.16. The van der Waals surface area contributed by atoms with Crippen LogP contribution in [-0.4, -0.2) is 30.4 Å². The van der Waals surface area contributed by atoms with Gasteiger partial charge < -0.3 is 14.6 Å². The number of carbonyl (C=O) groups is 1. The quantitative estimate of drug-likeness (QED) is 0.594. The Bertz CT molecular complexity index is 766. The standard InChI is InChI=1S/C17H16F2N2O4/c1-2-24-15-9-11(7-8-14(15)25-17(18)19)10-20-21-16(23)12-5-3-4-6-13(12)22/h3-10,17,22H,2H2,1H3,(H,21,23)/b20-10-. The summed E-state index contributed by atoms with van der Waals surface area (Å²) in [5, 5.41) is 13.4. The molecule has 0 aliphatic rings. The van der Waals surface area contributed by atoms with E-state index in [1.165, 1.54) is 36.5 Å². The van der Waals surface area contributed by atoms with E-state index in [1.54, 1.807) is 19.1 Å². The number of carbonyl (C=O) groups excluding carboxylic acids is 1. The summed E-state index contributed by atoms with van der Waals surface area (Å²) in [5.41, 5.74) is 2.85. The average molecular weight is 350 g/mol. The molecule has 0 radical (unpaired) electrons. The summed E-state index contributed by atoms with van der Waals surface area (Å²) >= 11 is 0. The van der Waals surface area contributed by atoms with E-state index in [2.05, 4.69) is 15.3 Å². The highest BCUT2D eigenvalue weighted by molar-refractivity contribution is 5.97. The van der Waals surface area contributed by atoms with E-state index in [9.17, 15) is 18.7 Å². The smallest absolute Gasteiger partial charge is 0.387 e. The van der Waals surface area contributed by atoms with Crippen molar-refractivity contribution in [1.82, 2.24) is 5.43 Å². The molecule has 1 amide bonds. The molecule has 2 aromatic carbocycles. The Morgan fingerprint density at radius 3 is 2.72 bits per heavy atom. The molecule has 0 fully saturated rings. The van der Waals surface area contributed by atoms with E-state index in [0.29, 0.717) is 5.56 Å². The minimum absolute atomic E-state index is 0.0790. The second-order valence-corrected chi connectivity index (χ2v) is 4.73. The molecular formula is C17H16F2N2O4. The summed E-state index contributed by atoms with van der Waals surface area (Å²) in [7, 11) is 0. The molecule has 8 heteroatoms. The van der Waals surface area contributed by atoms with Gasteiger partial charge in [-0.05, 0) is 42.8 Å². The maximum Gasteiger partial charge on any atom is 0.387 e. The Labute approximate surface area is 142 Å². The molecule has 0 aromatic heterocycles. The van der Waals surface area contributed by atoms with Crippen LogP contribution in [0.4, 0.5) is 8.78 Å². The number of aromatic hydroxyl groups is 1. The number of halogens is 2. The summed E-state index contributed by atoms with van der Waals surface area (Å²) < 4.78 is 34.3. The van der Waals surface area contributed by atoms with E-state index in [4.69, 9.17) is 4.74 Å². The molecule has 0 atom stereocenters. The van der Waals surface area contributed by atoms with Crippen molar-refractivity contribution in [2.45, 2.75) is 13.5 Å². The molecule has 0 spiro atoms. The third kappa shape index (κ3) is 5.17. The number of hydrazone groups is 1. The number of alkyl halides is 2. The van der Waals surface area contributed by atoms with Gasteiger partial charge in [-0.2, -0.15) is 13.9 Å². The van der Waals surface area contributed by atoms with Crippen LogP contribution in [0.25, 0.3) is 0 Å². The van der Waals surface area contributed by atoms with Crippen molar-refractivity contribution in [1.29, 1.82) is 0 Å². The minimum Gasteiger partial charge on any atom is -0.507 e. The largest absolute Gasteiger partial charge is 0.507 e. The van der Waals surface area contributed by atoms with Crippen molar-refractivity contribution in [3.63, 3.8) is 0 Å². The van der Waals surface area contributed by atoms with Crippen LogP contribution in [0.5, 0.6) is 17.2 Å². The second kappa shape index (κ2) is 8.62. The summed E-state index contributed by atoms with van der Waals surface area (Å²) in [6, 6.07) is 10.3. The van der Waals surface area contributed by atoms with Crippen LogP contribution in [0.1, 0.15) is 22.8 Å². The van der Waals surface area contributed by atoms with Crippen LogP contribution in [-0.2, 0) is 0 Å². The van der Waals surface area contributed by atoms with Crippen molar-refractivity contribution in [2.24, 2.45) is 5.10 Å². The number of hydrogen-bond acceptors (Lipinski definition) is 5. The highest BCUT2D eigenvalue weighted by Crippen LogP contribution is 2.29. The van der Waals surface area contributed by atoms with Gasteiger partial charge in [-0.3, -0.25) is 4.79 Å². The number of benzene rings is 2. The van der Waals surface area contributed by atoms with E-state index < -0.39 is 12.5 Å². The van der Waals surface area contributed by atoms with Crippen molar-refractivity contribution in [3.8, 4) is 17.2 Å². The van der Waals surface area contributed by atoms with Gasteiger partial charge in [-0.1, -0.05) is 12.1 Å². The second-order valence-electron chi connectivity index (χ2n) is 4.73. The summed E-state index contributed by atoms with van der Waals surface area (Å²) in [6.45, 7) is -0.986. The fraction of sp³-hybridized carbons (Fsp3) is 0.176. The van der Waals surface area contributed by atoms with Crippen LogP contribution >= 0.6 is 0 Å². The number of hydrogen-bond donors (Lipinski definition) is 2. The van der Waals surface area contributed by atoms with Crippen LogP contribution in [0.2, 0.25) is 0 Å². The lowest BCUT2D eigenvalue weighted by atomic mass is 10.2. The number of nitrogens with zero attached hydrogens (tertiary/aromatic N) is 1. The number of rotatable bonds is 7. The summed E-state index contributed by atoms with van der Waals surface area (Å²) in [6.07, 6.45) is 1.31. The van der Waals surface area contributed by atoms with Crippen molar-refractivity contribution < 1.29 is 28.2 Å². The fourth-order valence-electron chi connectivity index (χ4n) is 1.96. The fourth-order valence-corrected chi connectivity index (χ4v) is 1.96. The van der Waals surface area contributed by atoms with Crippen LogP contribution in [0.3, 0.4) is 0 Å². The SMILES string of the molecule is CCOc1cc(/C=N\NC(=O)c2ccccc2O)ccc1OC(F)F. The predicted molar refractivity (Wildman–Crippen MR) is 87.4 cm³/mol. The molecule has 132 valence electrons. The average Bonchev–Trinajstić information content (AvgIpc) is 2.57. The number of nitrogens with one attached hydrogen (secondary N) is 1. The molecule has 0 heterocycles. The summed E-state index contributed by atoms with van der Waals surface area (Å²) in [5.74, 6) is -0.703. The normalized spacial score (nSPS) is 10.9. The number of phenols is 1. The van der Waals surface area contributed by atoms with Gasteiger partial charge in [0.25, 0.3) is 5.91 Å². The molecule has 0 aliphatic heterocycles. The van der Waals surface area contributed by atoms with Crippen LogP contribution in [0.15, 0.2) is 47.6 Å². The van der Waals surface area contributed by atoms with E-state index in [1.807, 2.05) is 0 Å². The molecule has 2 aromatic rings. The molecule has 0 saturated heterocycles. The lowest BCUT2D eigenvalue weighted by Crippen LogP contribution is -2.17. The van der Waals surface area contributed by atoms with Crippen molar-refractivity contribution in [3.05, 3.63) is 53.6 Å². The first-order chi connectivity index (χ1) is 12.0. The van der Waals surface area contributed by atoms with Gasteiger partial charge in [0.15, 0.2) is 11.5 Å². The Morgan fingerprint density at radius 2 is 2.04 bits per heavy atom. The van der Waals surface area contributed by atoms with Crippen LogP contribution < -0.4 is 14.9 Å². The number of para-hydroxylation sites is 1. The topological polar surface area (TPSA) is 80.2 Å². The first kappa shape index (κ1) is 18.2.